The van der Waals surface area contributed by atoms with Crippen LogP contribution in [-0.4, -0.2) is 29.9 Å². The molecule has 2 rings (SSSR count). The van der Waals surface area contributed by atoms with Gasteiger partial charge in [-0.2, -0.15) is 0 Å². The molecule has 0 radical (unpaired) electrons. The average Bonchev–Trinajstić information content (AvgIpc) is 3.15. The first-order chi connectivity index (χ1) is 12.3. The van der Waals surface area contributed by atoms with Crippen molar-refractivity contribution in [3.8, 4) is 0 Å². The van der Waals surface area contributed by atoms with Gasteiger partial charge >= 0.3 is 5.97 Å². The van der Waals surface area contributed by atoms with E-state index in [1.165, 1.54) is 11.3 Å². The minimum Gasteiger partial charge on any atom is -0.452 e. The molecular weight excluding hydrogens is 352 g/mol. The van der Waals surface area contributed by atoms with E-state index in [0.29, 0.717) is 16.1 Å². The lowest BCUT2D eigenvalue weighted by Crippen LogP contribution is -2.44. The molecule has 0 fully saturated rings. The number of benzene rings is 1. The van der Waals surface area contributed by atoms with Crippen LogP contribution in [0.3, 0.4) is 0 Å². The Morgan fingerprint density at radius 3 is 2.38 bits per heavy atom. The molecule has 0 bridgehead atoms. The molecule has 0 atom stereocenters. The van der Waals surface area contributed by atoms with Crippen LogP contribution in [0.4, 0.5) is 5.69 Å². The van der Waals surface area contributed by atoms with Gasteiger partial charge in [0.05, 0.1) is 10.4 Å². The third-order valence-electron chi connectivity index (χ3n) is 3.82. The van der Waals surface area contributed by atoms with Gasteiger partial charge in [0.25, 0.3) is 11.8 Å². The van der Waals surface area contributed by atoms with Crippen molar-refractivity contribution in [1.29, 1.82) is 0 Å². The summed E-state index contributed by atoms with van der Waals surface area (Å²) in [5, 5.41) is 7.37. The summed E-state index contributed by atoms with van der Waals surface area (Å²) in [6.07, 6.45) is 0.769. The van der Waals surface area contributed by atoms with Gasteiger partial charge in [0.2, 0.25) is 0 Å². The van der Waals surface area contributed by atoms with Gasteiger partial charge in [-0.1, -0.05) is 13.0 Å². The number of thiophene rings is 1. The Morgan fingerprint density at radius 1 is 1.12 bits per heavy atom. The third-order valence-corrected chi connectivity index (χ3v) is 4.69. The number of hydrogen-bond acceptors (Lipinski definition) is 5. The van der Waals surface area contributed by atoms with Crippen molar-refractivity contribution in [2.45, 2.75) is 32.7 Å². The lowest BCUT2D eigenvalue weighted by molar-refractivity contribution is -0.125. The van der Waals surface area contributed by atoms with Crippen LogP contribution in [0.2, 0.25) is 0 Å². The summed E-state index contributed by atoms with van der Waals surface area (Å²) in [5.74, 6) is -1.14. The number of amides is 2. The van der Waals surface area contributed by atoms with Crippen LogP contribution in [0.15, 0.2) is 41.8 Å². The zero-order valence-electron chi connectivity index (χ0n) is 15.0. The molecule has 1 heterocycles. The molecule has 0 saturated heterocycles. The first-order valence-corrected chi connectivity index (χ1v) is 9.12. The van der Waals surface area contributed by atoms with Gasteiger partial charge in [-0.05, 0) is 56.0 Å². The molecule has 0 unspecified atom stereocenters. The monoisotopic (exact) mass is 374 g/mol. The normalized spacial score (nSPS) is 10.9. The number of nitrogens with one attached hydrogen (secondary N) is 2. The van der Waals surface area contributed by atoms with Crippen molar-refractivity contribution in [1.82, 2.24) is 5.32 Å². The fourth-order valence-electron chi connectivity index (χ4n) is 2.01. The second-order valence-electron chi connectivity index (χ2n) is 6.37. The number of ether oxygens (including phenoxy) is 1. The second kappa shape index (κ2) is 8.62. The lowest BCUT2D eigenvalue weighted by atomic mass is 10.0. The van der Waals surface area contributed by atoms with Gasteiger partial charge in [-0.3, -0.25) is 9.59 Å². The van der Waals surface area contributed by atoms with E-state index >= 15 is 0 Å². The summed E-state index contributed by atoms with van der Waals surface area (Å²) in [7, 11) is 0. The Hall–Kier alpha value is -2.67. The fraction of sp³-hybridized carbons (Fsp3) is 0.316. The molecule has 0 aliphatic carbocycles. The molecule has 0 saturated carbocycles. The summed E-state index contributed by atoms with van der Waals surface area (Å²) >= 11 is 1.35. The minimum atomic E-state index is -0.592. The number of hydrogen-bond donors (Lipinski definition) is 2. The van der Waals surface area contributed by atoms with Crippen LogP contribution in [0.25, 0.3) is 0 Å². The lowest BCUT2D eigenvalue weighted by Gasteiger charge is -2.24. The molecule has 2 amide bonds. The zero-order chi connectivity index (χ0) is 19.2. The Morgan fingerprint density at radius 2 is 1.81 bits per heavy atom. The zero-order valence-corrected chi connectivity index (χ0v) is 15.8. The SMILES string of the molecule is CCC(C)(C)NC(=O)COC(=O)c1ccc(NC(=O)c2cccs2)cc1. The first kappa shape index (κ1) is 19.7. The molecule has 6 nitrogen and oxygen atoms in total. The van der Waals surface area contributed by atoms with Crippen molar-refractivity contribution in [2.75, 3.05) is 11.9 Å². The number of carbonyl (C=O) groups is 3. The Balaban J connectivity index is 1.86. The highest BCUT2D eigenvalue weighted by atomic mass is 32.1. The van der Waals surface area contributed by atoms with Crippen LogP contribution >= 0.6 is 11.3 Å². The Bertz CT molecular complexity index is 767. The second-order valence-corrected chi connectivity index (χ2v) is 7.32. The topological polar surface area (TPSA) is 84.5 Å². The maximum atomic E-state index is 12.0. The minimum absolute atomic E-state index is 0.203. The van der Waals surface area contributed by atoms with E-state index in [1.807, 2.05) is 26.2 Å². The molecule has 0 aliphatic heterocycles. The molecule has 0 aliphatic rings. The summed E-state index contributed by atoms with van der Waals surface area (Å²) in [6.45, 7) is 5.43. The van der Waals surface area contributed by atoms with Crippen LogP contribution in [0, 0.1) is 0 Å². The molecular formula is C19H22N2O4S. The predicted molar refractivity (Wildman–Crippen MR) is 102 cm³/mol. The van der Waals surface area contributed by atoms with Gasteiger partial charge in [-0.15, -0.1) is 11.3 Å². The standard InChI is InChI=1S/C19H22N2O4S/c1-4-19(2,3)21-16(22)12-25-18(24)13-7-9-14(10-8-13)20-17(23)15-6-5-11-26-15/h5-11H,4,12H2,1-3H3,(H,20,23)(H,21,22). The summed E-state index contributed by atoms with van der Waals surface area (Å²) in [5.41, 5.74) is 0.537. The highest BCUT2D eigenvalue weighted by Gasteiger charge is 2.19. The quantitative estimate of drug-likeness (QED) is 0.727. The van der Waals surface area contributed by atoms with E-state index in [-0.39, 0.29) is 24.0 Å². The molecule has 1 aromatic carbocycles. The molecule has 138 valence electrons. The average molecular weight is 374 g/mol. The Kier molecular flexibility index (Phi) is 6.52. The van der Waals surface area contributed by atoms with E-state index in [2.05, 4.69) is 10.6 Å². The van der Waals surface area contributed by atoms with Gasteiger partial charge in [0, 0.05) is 11.2 Å². The summed E-state index contributed by atoms with van der Waals surface area (Å²) < 4.78 is 5.02. The van der Waals surface area contributed by atoms with Crippen LogP contribution in [0.5, 0.6) is 0 Å². The van der Waals surface area contributed by atoms with Crippen LogP contribution in [-0.2, 0) is 9.53 Å². The maximum absolute atomic E-state index is 12.0. The van der Waals surface area contributed by atoms with Crippen molar-refractivity contribution in [3.63, 3.8) is 0 Å². The molecule has 1 aromatic heterocycles. The van der Waals surface area contributed by atoms with Crippen molar-refractivity contribution < 1.29 is 19.1 Å². The van der Waals surface area contributed by atoms with E-state index < -0.39 is 5.97 Å². The van der Waals surface area contributed by atoms with Crippen LogP contribution in [0.1, 0.15) is 47.2 Å². The number of anilines is 1. The molecule has 2 N–H and O–H groups in total. The van der Waals surface area contributed by atoms with E-state index in [0.717, 1.165) is 6.42 Å². The molecule has 7 heteroatoms. The van der Waals surface area contributed by atoms with E-state index in [4.69, 9.17) is 4.74 Å². The smallest absolute Gasteiger partial charge is 0.338 e. The predicted octanol–water partition coefficient (Wildman–Crippen LogP) is 3.46. The summed E-state index contributed by atoms with van der Waals surface area (Å²) in [4.78, 5) is 36.4. The highest BCUT2D eigenvalue weighted by Crippen LogP contribution is 2.15. The van der Waals surface area contributed by atoms with Crippen molar-refractivity contribution >= 4 is 34.8 Å². The third kappa shape index (κ3) is 5.70. The van der Waals surface area contributed by atoms with Crippen molar-refractivity contribution in [2.24, 2.45) is 0 Å². The van der Waals surface area contributed by atoms with E-state index in [1.54, 1.807) is 36.4 Å². The highest BCUT2D eigenvalue weighted by molar-refractivity contribution is 7.12. The largest absolute Gasteiger partial charge is 0.452 e. The van der Waals surface area contributed by atoms with Crippen LogP contribution < -0.4 is 10.6 Å². The number of carbonyl (C=O) groups excluding carboxylic acids is 3. The molecule has 2 aromatic rings. The van der Waals surface area contributed by atoms with Gasteiger partial charge < -0.3 is 15.4 Å². The Labute approximate surface area is 156 Å². The maximum Gasteiger partial charge on any atom is 0.338 e. The fourth-order valence-corrected chi connectivity index (χ4v) is 2.63. The number of rotatable bonds is 7. The molecule has 26 heavy (non-hydrogen) atoms. The van der Waals surface area contributed by atoms with Crippen molar-refractivity contribution in [3.05, 3.63) is 52.2 Å². The molecule has 0 spiro atoms. The van der Waals surface area contributed by atoms with Gasteiger partial charge in [-0.25, -0.2) is 4.79 Å². The van der Waals surface area contributed by atoms with E-state index in [9.17, 15) is 14.4 Å². The number of esters is 1. The van der Waals surface area contributed by atoms with Gasteiger partial charge in [0.1, 0.15) is 0 Å². The first-order valence-electron chi connectivity index (χ1n) is 8.24. The summed E-state index contributed by atoms with van der Waals surface area (Å²) in [6, 6.07) is 9.85. The van der Waals surface area contributed by atoms with Gasteiger partial charge in [0.15, 0.2) is 6.61 Å².